The van der Waals surface area contributed by atoms with Crippen LogP contribution in [0.25, 0.3) is 0 Å². The number of rotatable bonds is 2. The van der Waals surface area contributed by atoms with Crippen molar-refractivity contribution in [3.05, 3.63) is 0 Å². The molecule has 1 nitrogen and oxygen atoms in total. The van der Waals surface area contributed by atoms with Crippen LogP contribution in [0.2, 0.25) is 0 Å². The number of likely N-dealkylation sites (tertiary alicyclic amines) is 1. The first kappa shape index (κ1) is 16.0. The van der Waals surface area contributed by atoms with E-state index in [9.17, 15) is 0 Å². The quantitative estimate of drug-likeness (QED) is 0.668. The second-order valence-electron chi connectivity index (χ2n) is 6.79. The fraction of sp³-hybridized carbons (Fsp3) is 1.00. The summed E-state index contributed by atoms with van der Waals surface area (Å²) >= 11 is 0. The Balaban J connectivity index is 0.000000293. The second-order valence-corrected chi connectivity index (χ2v) is 6.79. The third kappa shape index (κ3) is 8.15. The van der Waals surface area contributed by atoms with Gasteiger partial charge in [-0.1, -0.05) is 41.0 Å². The molecule has 16 heavy (non-hydrogen) atoms. The van der Waals surface area contributed by atoms with E-state index in [0.717, 1.165) is 12.0 Å². The molecule has 0 aromatic carbocycles. The van der Waals surface area contributed by atoms with Crippen molar-refractivity contribution < 1.29 is 0 Å². The SMILES string of the molecule is CC1CCN(C(C)C)C1.CCCC(C)(C)C. The van der Waals surface area contributed by atoms with Gasteiger partial charge in [-0.3, -0.25) is 0 Å². The number of nitrogens with zero attached hydrogens (tertiary/aromatic N) is 1. The lowest BCUT2D eigenvalue weighted by Gasteiger charge is -2.19. The molecule has 1 aliphatic heterocycles. The Morgan fingerprint density at radius 3 is 1.94 bits per heavy atom. The van der Waals surface area contributed by atoms with Crippen molar-refractivity contribution in [1.29, 1.82) is 0 Å². The predicted octanol–water partition coefficient (Wildman–Crippen LogP) is 4.57. The molecule has 1 rings (SSSR count). The van der Waals surface area contributed by atoms with Crippen molar-refractivity contribution in [2.75, 3.05) is 13.1 Å². The van der Waals surface area contributed by atoms with Crippen molar-refractivity contribution in [1.82, 2.24) is 4.90 Å². The van der Waals surface area contributed by atoms with E-state index in [1.165, 1.54) is 32.4 Å². The van der Waals surface area contributed by atoms with Crippen molar-refractivity contribution in [3.8, 4) is 0 Å². The molecule has 1 atom stereocenters. The molecule has 0 spiro atoms. The van der Waals surface area contributed by atoms with Gasteiger partial charge in [0.1, 0.15) is 0 Å². The number of hydrogen-bond donors (Lipinski definition) is 0. The van der Waals surface area contributed by atoms with Crippen LogP contribution in [0.3, 0.4) is 0 Å². The molecule has 0 aromatic rings. The van der Waals surface area contributed by atoms with Gasteiger partial charge in [0.15, 0.2) is 0 Å². The lowest BCUT2D eigenvalue weighted by atomic mass is 9.91. The van der Waals surface area contributed by atoms with E-state index in [1.807, 2.05) is 0 Å². The zero-order valence-corrected chi connectivity index (χ0v) is 12.6. The number of hydrogen-bond acceptors (Lipinski definition) is 1. The summed E-state index contributed by atoms with van der Waals surface area (Å²) in [6.45, 7) is 18.6. The van der Waals surface area contributed by atoms with Gasteiger partial charge in [0.25, 0.3) is 0 Å². The highest BCUT2D eigenvalue weighted by Crippen LogP contribution is 2.19. The molecule has 1 heteroatoms. The molecule has 1 saturated heterocycles. The summed E-state index contributed by atoms with van der Waals surface area (Å²) < 4.78 is 0. The molecule has 1 heterocycles. The highest BCUT2D eigenvalue weighted by Gasteiger charge is 2.19. The Kier molecular flexibility index (Phi) is 7.30. The third-order valence-corrected chi connectivity index (χ3v) is 3.19. The van der Waals surface area contributed by atoms with Crippen LogP contribution in [0, 0.1) is 11.3 Å². The van der Waals surface area contributed by atoms with Gasteiger partial charge in [0.2, 0.25) is 0 Å². The van der Waals surface area contributed by atoms with Crippen LogP contribution in [-0.4, -0.2) is 24.0 Å². The molecule has 1 aliphatic rings. The van der Waals surface area contributed by atoms with Gasteiger partial charge in [-0.25, -0.2) is 0 Å². The Bertz CT molecular complexity index is 167. The summed E-state index contributed by atoms with van der Waals surface area (Å²) in [6.07, 6.45) is 4.05. The summed E-state index contributed by atoms with van der Waals surface area (Å²) in [5.41, 5.74) is 0.550. The molecule has 1 unspecified atom stereocenters. The van der Waals surface area contributed by atoms with Crippen LogP contribution < -0.4 is 0 Å². The predicted molar refractivity (Wildman–Crippen MR) is 74.9 cm³/mol. The minimum atomic E-state index is 0.550. The lowest BCUT2D eigenvalue weighted by molar-refractivity contribution is 0.267. The average Bonchev–Trinajstić information content (AvgIpc) is 2.50. The van der Waals surface area contributed by atoms with E-state index in [-0.39, 0.29) is 0 Å². The lowest BCUT2D eigenvalue weighted by Crippen LogP contribution is -2.27. The maximum Gasteiger partial charge on any atom is 0.00387 e. The van der Waals surface area contributed by atoms with E-state index >= 15 is 0 Å². The van der Waals surface area contributed by atoms with Crippen LogP contribution in [0.1, 0.15) is 67.7 Å². The van der Waals surface area contributed by atoms with Gasteiger partial charge < -0.3 is 4.90 Å². The first-order valence-corrected chi connectivity index (χ1v) is 7.00. The monoisotopic (exact) mass is 227 g/mol. The third-order valence-electron chi connectivity index (χ3n) is 3.19. The highest BCUT2D eigenvalue weighted by atomic mass is 15.2. The largest absolute Gasteiger partial charge is 0.301 e. The molecular weight excluding hydrogens is 194 g/mol. The standard InChI is InChI=1S/C8H17N.C7H16/c1-7(2)9-5-4-8(3)6-9;1-5-6-7(2,3)4/h7-8H,4-6H2,1-3H3;5-6H2,1-4H3. The molecule has 0 radical (unpaired) electrons. The molecule has 0 aromatic heterocycles. The molecule has 0 N–H and O–H groups in total. The van der Waals surface area contributed by atoms with Gasteiger partial charge >= 0.3 is 0 Å². The average molecular weight is 227 g/mol. The molecule has 98 valence electrons. The topological polar surface area (TPSA) is 3.24 Å². The van der Waals surface area contributed by atoms with E-state index in [4.69, 9.17) is 0 Å². The molecule has 0 aliphatic carbocycles. The minimum absolute atomic E-state index is 0.550. The van der Waals surface area contributed by atoms with Crippen LogP contribution in [0.15, 0.2) is 0 Å². The minimum Gasteiger partial charge on any atom is -0.301 e. The zero-order valence-electron chi connectivity index (χ0n) is 12.6. The molecular formula is C15H33N. The first-order valence-electron chi connectivity index (χ1n) is 7.00. The van der Waals surface area contributed by atoms with E-state index in [1.54, 1.807) is 0 Å². The Labute approximate surface area is 104 Å². The fourth-order valence-electron chi connectivity index (χ4n) is 2.19. The molecule has 1 fully saturated rings. The fourth-order valence-corrected chi connectivity index (χ4v) is 2.19. The van der Waals surface area contributed by atoms with Gasteiger partial charge in [-0.15, -0.1) is 0 Å². The summed E-state index contributed by atoms with van der Waals surface area (Å²) in [4.78, 5) is 2.55. The zero-order chi connectivity index (χ0) is 12.8. The molecule has 0 saturated carbocycles. The Morgan fingerprint density at radius 1 is 1.25 bits per heavy atom. The summed E-state index contributed by atoms with van der Waals surface area (Å²) in [5, 5.41) is 0. The molecule has 0 amide bonds. The van der Waals surface area contributed by atoms with Crippen molar-refractivity contribution in [2.45, 2.75) is 73.8 Å². The Morgan fingerprint density at radius 2 is 1.81 bits per heavy atom. The van der Waals surface area contributed by atoms with E-state index in [2.05, 4.69) is 53.4 Å². The van der Waals surface area contributed by atoms with Crippen LogP contribution in [0.5, 0.6) is 0 Å². The van der Waals surface area contributed by atoms with Crippen molar-refractivity contribution in [3.63, 3.8) is 0 Å². The van der Waals surface area contributed by atoms with Crippen molar-refractivity contribution >= 4 is 0 Å². The second kappa shape index (κ2) is 7.32. The molecule has 0 bridgehead atoms. The van der Waals surface area contributed by atoms with Crippen LogP contribution in [-0.2, 0) is 0 Å². The summed E-state index contributed by atoms with van der Waals surface area (Å²) in [5.74, 6) is 0.937. The van der Waals surface area contributed by atoms with Gasteiger partial charge in [-0.2, -0.15) is 0 Å². The van der Waals surface area contributed by atoms with Gasteiger partial charge in [0.05, 0.1) is 0 Å². The maximum absolute atomic E-state index is 2.55. The summed E-state index contributed by atoms with van der Waals surface area (Å²) in [7, 11) is 0. The van der Waals surface area contributed by atoms with Gasteiger partial charge in [0, 0.05) is 12.6 Å². The first-order chi connectivity index (χ1) is 7.26. The smallest absolute Gasteiger partial charge is 0.00387 e. The van der Waals surface area contributed by atoms with Crippen molar-refractivity contribution in [2.24, 2.45) is 11.3 Å². The highest BCUT2D eigenvalue weighted by molar-refractivity contribution is 4.74. The van der Waals surface area contributed by atoms with Crippen LogP contribution in [0.4, 0.5) is 0 Å². The van der Waals surface area contributed by atoms with E-state index in [0.29, 0.717) is 5.41 Å². The Hall–Kier alpha value is -0.0400. The summed E-state index contributed by atoms with van der Waals surface area (Å²) in [6, 6.07) is 0.759. The van der Waals surface area contributed by atoms with Crippen LogP contribution >= 0.6 is 0 Å². The van der Waals surface area contributed by atoms with Gasteiger partial charge in [-0.05, 0) is 44.6 Å². The maximum atomic E-state index is 2.55. The normalized spacial score (nSPS) is 22.1. The van der Waals surface area contributed by atoms with E-state index < -0.39 is 0 Å².